The summed E-state index contributed by atoms with van der Waals surface area (Å²) in [6.07, 6.45) is 0. The lowest BCUT2D eigenvalue weighted by molar-refractivity contribution is 1.12. The van der Waals surface area contributed by atoms with E-state index < -0.39 is 0 Å². The van der Waals surface area contributed by atoms with Crippen LogP contribution in [0.2, 0.25) is 0 Å². The number of aryl methyl sites for hydroxylation is 2. The summed E-state index contributed by atoms with van der Waals surface area (Å²) in [5.74, 6) is 6.35. The lowest BCUT2D eigenvalue weighted by atomic mass is 10.1. The quantitative estimate of drug-likeness (QED) is 0.360. The molecule has 0 bridgehead atoms. The van der Waals surface area contributed by atoms with Gasteiger partial charge in [0, 0.05) is 25.3 Å². The maximum Gasteiger partial charge on any atom is 0.168 e. The number of hydrogen-bond donors (Lipinski definition) is 0. The Morgan fingerprint density at radius 2 is 1.84 bits per heavy atom. The van der Waals surface area contributed by atoms with Crippen LogP contribution in [-0.4, -0.2) is 24.2 Å². The van der Waals surface area contributed by atoms with Gasteiger partial charge in [-0.15, -0.1) is 11.3 Å². The number of anilines is 1. The fraction of sp³-hybridized carbons (Fsp3) is 0.200. The summed E-state index contributed by atoms with van der Waals surface area (Å²) in [5.41, 5.74) is 6.40. The molecule has 0 aliphatic heterocycles. The molecule has 0 fully saturated rings. The van der Waals surface area contributed by atoms with Gasteiger partial charge in [-0.2, -0.15) is 4.99 Å². The van der Waals surface area contributed by atoms with Crippen LogP contribution in [0.25, 0.3) is 10.2 Å². The molecule has 0 atom stereocenters. The van der Waals surface area contributed by atoms with Crippen LogP contribution in [-0.2, 0) is 0 Å². The van der Waals surface area contributed by atoms with Crippen molar-refractivity contribution in [3.63, 3.8) is 0 Å². The molecule has 0 N–H and O–H groups in total. The molecule has 0 aliphatic rings. The Morgan fingerprint density at radius 3 is 2.48 bits per heavy atom. The molecule has 0 saturated carbocycles. The second kappa shape index (κ2) is 7.16. The van der Waals surface area contributed by atoms with Crippen LogP contribution in [0.1, 0.15) is 21.7 Å². The number of thiazole rings is 1. The maximum absolute atomic E-state index is 4.72. The third-order valence-corrected chi connectivity index (χ3v) is 5.10. The number of hydrogen-bond acceptors (Lipinski definition) is 5. The second-order valence-corrected chi connectivity index (χ2v) is 7.11. The average Bonchev–Trinajstić information content (AvgIpc) is 3.03. The summed E-state index contributed by atoms with van der Waals surface area (Å²) in [6.45, 7) is 4.24. The number of benzene rings is 2. The van der Waals surface area contributed by atoms with Crippen molar-refractivity contribution in [2.45, 2.75) is 13.8 Å². The first-order valence-corrected chi connectivity index (χ1v) is 9.00. The van der Waals surface area contributed by atoms with Crippen LogP contribution in [0.5, 0.6) is 0 Å². The molecule has 3 aromatic rings. The average molecular weight is 364 g/mol. The topological polar surface area (TPSA) is 28.5 Å². The summed E-state index contributed by atoms with van der Waals surface area (Å²) in [6, 6.07) is 9.78. The molecule has 0 saturated heterocycles. The normalized spacial score (nSPS) is 10.1. The van der Waals surface area contributed by atoms with Crippen molar-refractivity contribution < 1.29 is 0 Å². The molecule has 0 amide bonds. The van der Waals surface area contributed by atoms with Gasteiger partial charge in [0.05, 0.1) is 21.1 Å². The van der Waals surface area contributed by atoms with Gasteiger partial charge in [0.15, 0.2) is 5.01 Å². The van der Waals surface area contributed by atoms with Gasteiger partial charge in [-0.05, 0) is 73.4 Å². The summed E-state index contributed by atoms with van der Waals surface area (Å²) in [4.78, 5) is 10.8. The molecule has 5 heteroatoms. The first kappa shape index (κ1) is 17.3. The molecule has 0 radical (unpaired) electrons. The fourth-order valence-electron chi connectivity index (χ4n) is 2.66. The van der Waals surface area contributed by atoms with E-state index in [-0.39, 0.29) is 0 Å². The summed E-state index contributed by atoms with van der Waals surface area (Å²) in [7, 11) is 4.12. The fourth-order valence-corrected chi connectivity index (χ4v) is 3.75. The monoisotopic (exact) mass is 363 g/mol. The molecule has 3 nitrogen and oxygen atoms in total. The zero-order valence-corrected chi connectivity index (χ0v) is 16.2. The van der Waals surface area contributed by atoms with Gasteiger partial charge in [0.1, 0.15) is 0 Å². The molecule has 0 aliphatic carbocycles. The van der Waals surface area contributed by atoms with Crippen molar-refractivity contribution in [2.75, 3.05) is 19.0 Å². The molecular weight excluding hydrogens is 346 g/mol. The Kier molecular flexibility index (Phi) is 4.96. The van der Waals surface area contributed by atoms with E-state index in [0.717, 1.165) is 21.8 Å². The van der Waals surface area contributed by atoms with Gasteiger partial charge in [-0.3, -0.25) is 0 Å². The zero-order valence-electron chi connectivity index (χ0n) is 14.5. The molecule has 124 valence electrons. The minimum absolute atomic E-state index is 0.781. The third-order valence-electron chi connectivity index (χ3n) is 3.92. The Bertz CT molecular complexity index is 1040. The van der Waals surface area contributed by atoms with E-state index >= 15 is 0 Å². The molecular formula is C20H17N3S2. The molecule has 3 rings (SSSR count). The highest BCUT2D eigenvalue weighted by Crippen LogP contribution is 2.33. The van der Waals surface area contributed by atoms with Crippen molar-refractivity contribution in [3.05, 3.63) is 52.0 Å². The third kappa shape index (κ3) is 3.62. The standard InChI is InChI=1S/C20H17N3S2/c1-13-11-17(23(3)4)14(2)20-19(13)22-18(25-20)10-7-15-5-8-16(9-6-15)21-12-24/h5-6,8-9,11H,1-4H3. The largest absolute Gasteiger partial charge is 0.377 e. The summed E-state index contributed by atoms with van der Waals surface area (Å²) < 4.78 is 1.21. The number of aliphatic imine (C=N–C) groups is 1. The van der Waals surface area contributed by atoms with Crippen molar-refractivity contribution in [3.8, 4) is 11.8 Å². The van der Waals surface area contributed by atoms with E-state index in [1.165, 1.54) is 21.5 Å². The zero-order chi connectivity index (χ0) is 18.0. The van der Waals surface area contributed by atoms with Gasteiger partial charge < -0.3 is 4.90 Å². The van der Waals surface area contributed by atoms with E-state index in [1.54, 1.807) is 11.3 Å². The van der Waals surface area contributed by atoms with Gasteiger partial charge in [-0.1, -0.05) is 5.92 Å². The lowest BCUT2D eigenvalue weighted by Gasteiger charge is -2.16. The number of aromatic nitrogens is 1. The molecule has 25 heavy (non-hydrogen) atoms. The minimum Gasteiger partial charge on any atom is -0.377 e. The molecule has 1 aromatic heterocycles. The smallest absolute Gasteiger partial charge is 0.168 e. The van der Waals surface area contributed by atoms with Gasteiger partial charge in [0.25, 0.3) is 0 Å². The van der Waals surface area contributed by atoms with Crippen molar-refractivity contribution >= 4 is 50.3 Å². The van der Waals surface area contributed by atoms with E-state index in [0.29, 0.717) is 0 Å². The van der Waals surface area contributed by atoms with Crippen LogP contribution in [0.3, 0.4) is 0 Å². The Morgan fingerprint density at radius 1 is 1.12 bits per heavy atom. The van der Waals surface area contributed by atoms with Crippen LogP contribution < -0.4 is 4.90 Å². The maximum atomic E-state index is 4.72. The van der Waals surface area contributed by atoms with E-state index in [2.05, 4.69) is 73.1 Å². The van der Waals surface area contributed by atoms with Crippen molar-refractivity contribution in [1.82, 2.24) is 4.98 Å². The SMILES string of the molecule is Cc1cc(N(C)C)c(C)c2sc(C#Cc3ccc(N=C=S)cc3)nc12. The Balaban J connectivity index is 1.99. The summed E-state index contributed by atoms with van der Waals surface area (Å²) >= 11 is 6.25. The highest BCUT2D eigenvalue weighted by atomic mass is 32.1. The van der Waals surface area contributed by atoms with Gasteiger partial charge in [-0.25, -0.2) is 4.98 Å². The van der Waals surface area contributed by atoms with Crippen LogP contribution in [0.15, 0.2) is 35.3 Å². The second-order valence-electron chi connectivity index (χ2n) is 5.93. The highest BCUT2D eigenvalue weighted by molar-refractivity contribution is 7.78. The van der Waals surface area contributed by atoms with Gasteiger partial charge in [0.2, 0.25) is 0 Å². The van der Waals surface area contributed by atoms with E-state index in [9.17, 15) is 0 Å². The molecule has 2 aromatic carbocycles. The number of fused-ring (bicyclic) bond motifs is 1. The first-order chi connectivity index (χ1) is 12.0. The van der Waals surface area contributed by atoms with Crippen molar-refractivity contribution in [1.29, 1.82) is 0 Å². The molecule has 1 heterocycles. The predicted molar refractivity (Wildman–Crippen MR) is 111 cm³/mol. The molecule has 0 spiro atoms. The van der Waals surface area contributed by atoms with Crippen LogP contribution in [0, 0.1) is 25.7 Å². The number of thiocarbonyl (C=S) groups is 1. The van der Waals surface area contributed by atoms with E-state index in [4.69, 9.17) is 4.98 Å². The number of isothiocyanates is 1. The van der Waals surface area contributed by atoms with Gasteiger partial charge >= 0.3 is 0 Å². The lowest BCUT2D eigenvalue weighted by Crippen LogP contribution is -2.10. The summed E-state index contributed by atoms with van der Waals surface area (Å²) in [5, 5.41) is 3.19. The number of rotatable bonds is 2. The minimum atomic E-state index is 0.781. The number of nitrogens with zero attached hydrogens (tertiary/aromatic N) is 3. The van der Waals surface area contributed by atoms with Crippen LogP contribution >= 0.6 is 23.6 Å². The Hall–Kier alpha value is -2.51. The predicted octanol–water partition coefficient (Wildman–Crippen LogP) is 5.11. The van der Waals surface area contributed by atoms with E-state index in [1.807, 2.05) is 24.3 Å². The highest BCUT2D eigenvalue weighted by Gasteiger charge is 2.12. The molecule has 0 unspecified atom stereocenters. The first-order valence-electron chi connectivity index (χ1n) is 7.77. The Labute approximate surface area is 157 Å². The van der Waals surface area contributed by atoms with Crippen LogP contribution in [0.4, 0.5) is 11.4 Å². The van der Waals surface area contributed by atoms with Crippen molar-refractivity contribution in [2.24, 2.45) is 4.99 Å².